The molecule has 1 saturated heterocycles. The van der Waals surface area contributed by atoms with Gasteiger partial charge in [0.05, 0.1) is 11.3 Å². The highest BCUT2D eigenvalue weighted by atomic mass is 32.1. The van der Waals surface area contributed by atoms with E-state index in [4.69, 9.17) is 0 Å². The van der Waals surface area contributed by atoms with E-state index in [0.29, 0.717) is 52.7 Å². The Morgan fingerprint density at radius 3 is 2.07 bits per heavy atom. The number of piperazine rings is 1. The first-order valence-electron chi connectivity index (χ1n) is 9.36. The number of nitrogens with zero attached hydrogens (tertiary/aromatic N) is 3. The summed E-state index contributed by atoms with van der Waals surface area (Å²) in [6, 6.07) is 14.2. The van der Waals surface area contributed by atoms with Crippen molar-refractivity contribution in [2.75, 3.05) is 31.1 Å². The molecule has 4 rings (SSSR count). The predicted molar refractivity (Wildman–Crippen MR) is 117 cm³/mol. The maximum absolute atomic E-state index is 13.7. The van der Waals surface area contributed by atoms with Gasteiger partial charge < -0.3 is 10.2 Å². The van der Waals surface area contributed by atoms with Crippen LogP contribution in [0.3, 0.4) is 0 Å². The van der Waals surface area contributed by atoms with E-state index in [1.165, 1.54) is 0 Å². The quantitative estimate of drug-likeness (QED) is 0.503. The number of aromatic nitrogens is 2. The molecule has 1 aromatic heterocycles. The molecule has 0 unspecified atom stereocenters. The monoisotopic (exact) mass is 448 g/mol. The van der Waals surface area contributed by atoms with Gasteiger partial charge >= 0.3 is 6.18 Å². The Morgan fingerprint density at radius 1 is 0.867 bits per heavy atom. The summed E-state index contributed by atoms with van der Waals surface area (Å²) in [7, 11) is 0. The topological polar surface area (TPSA) is 41.1 Å². The SMILES string of the molecule is FC(F)(F)c1nc(-c2cccc(S)c2)c(-c2cccc(S)c2)c(N2CCNCC2)n1. The second-order valence-electron chi connectivity index (χ2n) is 6.93. The number of anilines is 1. The summed E-state index contributed by atoms with van der Waals surface area (Å²) >= 11 is 8.77. The van der Waals surface area contributed by atoms with Crippen molar-refractivity contribution >= 4 is 31.1 Å². The molecule has 0 bridgehead atoms. The number of alkyl halides is 3. The van der Waals surface area contributed by atoms with Gasteiger partial charge in [-0.25, -0.2) is 9.97 Å². The molecule has 3 aromatic rings. The van der Waals surface area contributed by atoms with Gasteiger partial charge in [0.1, 0.15) is 5.82 Å². The van der Waals surface area contributed by atoms with Crippen LogP contribution in [0.4, 0.5) is 19.0 Å². The van der Waals surface area contributed by atoms with Gasteiger partial charge in [0.15, 0.2) is 0 Å². The van der Waals surface area contributed by atoms with E-state index >= 15 is 0 Å². The minimum atomic E-state index is -4.67. The van der Waals surface area contributed by atoms with E-state index in [2.05, 4.69) is 40.5 Å². The molecule has 2 heterocycles. The van der Waals surface area contributed by atoms with Crippen LogP contribution >= 0.6 is 25.3 Å². The Hall–Kier alpha value is -2.23. The van der Waals surface area contributed by atoms with Crippen LogP contribution in [0.15, 0.2) is 58.3 Å². The standard InChI is InChI=1S/C21H19F3N4S2/c22-21(23,24)20-26-18(14-4-2-6-16(30)12-14)17(13-3-1-5-15(29)11-13)19(27-20)28-9-7-25-8-10-28/h1-6,11-12,25,29-30H,7-10H2. The van der Waals surface area contributed by atoms with E-state index in [1.54, 1.807) is 24.3 Å². The zero-order valence-electron chi connectivity index (χ0n) is 15.8. The van der Waals surface area contributed by atoms with Crippen molar-refractivity contribution in [3.63, 3.8) is 0 Å². The van der Waals surface area contributed by atoms with Crippen LogP contribution < -0.4 is 10.2 Å². The summed E-state index contributed by atoms with van der Waals surface area (Å²) in [5, 5.41) is 3.22. The molecule has 0 amide bonds. The molecule has 4 nitrogen and oxygen atoms in total. The van der Waals surface area contributed by atoms with Crippen molar-refractivity contribution in [3.8, 4) is 22.4 Å². The van der Waals surface area contributed by atoms with Crippen LogP contribution in [0.1, 0.15) is 5.82 Å². The molecule has 0 radical (unpaired) electrons. The lowest BCUT2D eigenvalue weighted by Gasteiger charge is -2.31. The third kappa shape index (κ3) is 4.43. The highest BCUT2D eigenvalue weighted by Gasteiger charge is 2.37. The fraction of sp³-hybridized carbons (Fsp3) is 0.238. The largest absolute Gasteiger partial charge is 0.451 e. The summed E-state index contributed by atoms with van der Waals surface area (Å²) in [5.74, 6) is -0.876. The van der Waals surface area contributed by atoms with Gasteiger partial charge in [-0.15, -0.1) is 25.3 Å². The van der Waals surface area contributed by atoms with Crippen molar-refractivity contribution in [1.29, 1.82) is 0 Å². The molecule has 1 fully saturated rings. The van der Waals surface area contributed by atoms with E-state index in [9.17, 15) is 13.2 Å². The maximum Gasteiger partial charge on any atom is 0.451 e. The number of hydrogen-bond acceptors (Lipinski definition) is 6. The number of hydrogen-bond donors (Lipinski definition) is 3. The zero-order valence-corrected chi connectivity index (χ0v) is 17.6. The number of benzene rings is 2. The molecule has 0 spiro atoms. The molecule has 30 heavy (non-hydrogen) atoms. The summed E-state index contributed by atoms with van der Waals surface area (Å²) in [6.07, 6.45) is -4.67. The number of thiol groups is 2. The van der Waals surface area contributed by atoms with Crippen molar-refractivity contribution < 1.29 is 13.2 Å². The second kappa shape index (κ2) is 8.49. The van der Waals surface area contributed by atoms with Gasteiger partial charge in [-0.05, 0) is 29.8 Å². The van der Waals surface area contributed by atoms with Crippen LogP contribution in [0, 0.1) is 0 Å². The maximum atomic E-state index is 13.7. The minimum Gasteiger partial charge on any atom is -0.353 e. The van der Waals surface area contributed by atoms with Gasteiger partial charge in [0, 0.05) is 41.5 Å². The Balaban J connectivity index is 2.05. The summed E-state index contributed by atoms with van der Waals surface area (Å²) in [6.45, 7) is 2.43. The van der Waals surface area contributed by atoms with Crippen molar-refractivity contribution in [3.05, 3.63) is 54.4 Å². The highest BCUT2D eigenvalue weighted by molar-refractivity contribution is 7.80. The van der Waals surface area contributed by atoms with Gasteiger partial charge in [-0.2, -0.15) is 13.2 Å². The Bertz CT molecular complexity index is 1070. The van der Waals surface area contributed by atoms with Crippen LogP contribution in [-0.2, 0) is 6.18 Å². The number of halogens is 3. The molecule has 1 N–H and O–H groups in total. The van der Waals surface area contributed by atoms with Crippen LogP contribution in [0.25, 0.3) is 22.4 Å². The van der Waals surface area contributed by atoms with Crippen molar-refractivity contribution in [2.45, 2.75) is 16.0 Å². The Kier molecular flexibility index (Phi) is 5.95. The summed E-state index contributed by atoms with van der Waals surface area (Å²) in [5.41, 5.74) is 2.04. The van der Waals surface area contributed by atoms with E-state index < -0.39 is 12.0 Å². The van der Waals surface area contributed by atoms with Gasteiger partial charge in [0.25, 0.3) is 0 Å². The van der Waals surface area contributed by atoms with Gasteiger partial charge in [-0.3, -0.25) is 0 Å². The molecule has 0 saturated carbocycles. The first kappa shape index (κ1) is 21.0. The molecule has 2 aromatic carbocycles. The molecule has 0 atom stereocenters. The first-order valence-corrected chi connectivity index (χ1v) is 10.3. The average Bonchev–Trinajstić information content (AvgIpc) is 2.73. The lowest BCUT2D eigenvalue weighted by atomic mass is 9.98. The highest BCUT2D eigenvalue weighted by Crippen LogP contribution is 2.41. The Morgan fingerprint density at radius 2 is 1.47 bits per heavy atom. The fourth-order valence-electron chi connectivity index (χ4n) is 3.47. The van der Waals surface area contributed by atoms with E-state index in [1.807, 2.05) is 29.2 Å². The normalized spacial score (nSPS) is 14.8. The van der Waals surface area contributed by atoms with Gasteiger partial charge in [-0.1, -0.05) is 24.3 Å². The van der Waals surface area contributed by atoms with Crippen molar-refractivity contribution in [2.24, 2.45) is 0 Å². The van der Waals surface area contributed by atoms with E-state index in [0.717, 1.165) is 0 Å². The lowest BCUT2D eigenvalue weighted by Crippen LogP contribution is -2.44. The number of rotatable bonds is 3. The minimum absolute atomic E-state index is 0.223. The molecular weight excluding hydrogens is 429 g/mol. The number of nitrogens with one attached hydrogen (secondary N) is 1. The molecule has 0 aliphatic carbocycles. The molecule has 156 valence electrons. The molecule has 9 heteroatoms. The predicted octanol–water partition coefficient (Wildman–Crippen LogP) is 4.82. The molecule has 1 aliphatic rings. The second-order valence-corrected chi connectivity index (χ2v) is 7.96. The van der Waals surface area contributed by atoms with Crippen LogP contribution in [-0.4, -0.2) is 36.1 Å². The summed E-state index contributed by atoms with van der Waals surface area (Å²) in [4.78, 5) is 11.2. The first-order chi connectivity index (χ1) is 14.3. The molecular formula is C21H19F3N4S2. The van der Waals surface area contributed by atoms with Crippen LogP contribution in [0.2, 0.25) is 0 Å². The zero-order chi connectivity index (χ0) is 21.3. The summed E-state index contributed by atoms with van der Waals surface area (Å²) < 4.78 is 41.2. The van der Waals surface area contributed by atoms with Gasteiger partial charge in [0.2, 0.25) is 5.82 Å². The molecule has 1 aliphatic heterocycles. The fourth-order valence-corrected chi connectivity index (χ4v) is 3.92. The Labute approximate surface area is 183 Å². The average molecular weight is 449 g/mol. The van der Waals surface area contributed by atoms with E-state index in [-0.39, 0.29) is 11.5 Å². The third-order valence-corrected chi connectivity index (χ3v) is 5.37. The lowest BCUT2D eigenvalue weighted by molar-refractivity contribution is -0.144. The van der Waals surface area contributed by atoms with Crippen LogP contribution in [0.5, 0.6) is 0 Å². The third-order valence-electron chi connectivity index (χ3n) is 4.81. The smallest absolute Gasteiger partial charge is 0.353 e. The van der Waals surface area contributed by atoms with Crippen molar-refractivity contribution in [1.82, 2.24) is 15.3 Å².